The SMILES string of the molecule is COc1cccc(CCC(N)C(=O)O)c1OC.Cl. The van der Waals surface area contributed by atoms with Gasteiger partial charge in [0, 0.05) is 0 Å². The van der Waals surface area contributed by atoms with Gasteiger partial charge in [-0.2, -0.15) is 0 Å². The second-order valence-electron chi connectivity index (χ2n) is 3.64. The standard InChI is InChI=1S/C12H17NO4.ClH/c1-16-10-5-3-4-8(11(10)17-2)6-7-9(13)12(14)15;/h3-5,9H,6-7,13H2,1-2H3,(H,14,15);1H. The van der Waals surface area contributed by atoms with E-state index in [1.807, 2.05) is 12.1 Å². The van der Waals surface area contributed by atoms with Gasteiger partial charge in [-0.25, -0.2) is 0 Å². The molecule has 1 aromatic rings. The predicted octanol–water partition coefficient (Wildman–Crippen LogP) is 1.47. The molecule has 0 aliphatic heterocycles. The molecule has 18 heavy (non-hydrogen) atoms. The summed E-state index contributed by atoms with van der Waals surface area (Å²) >= 11 is 0. The number of nitrogens with two attached hydrogens (primary N) is 1. The molecule has 1 atom stereocenters. The second-order valence-corrected chi connectivity index (χ2v) is 3.64. The Labute approximate surface area is 112 Å². The van der Waals surface area contributed by atoms with Crippen LogP contribution in [-0.4, -0.2) is 31.3 Å². The fourth-order valence-electron chi connectivity index (χ4n) is 1.59. The molecule has 0 aliphatic carbocycles. The maximum absolute atomic E-state index is 10.6. The average Bonchev–Trinajstić information content (AvgIpc) is 2.34. The molecule has 6 heteroatoms. The van der Waals surface area contributed by atoms with E-state index < -0.39 is 12.0 Å². The minimum absolute atomic E-state index is 0. The first-order valence-electron chi connectivity index (χ1n) is 5.28. The molecule has 102 valence electrons. The Balaban J connectivity index is 0.00000289. The van der Waals surface area contributed by atoms with Crippen LogP contribution in [0.4, 0.5) is 0 Å². The number of carboxylic acid groups (broad SMARTS) is 1. The maximum Gasteiger partial charge on any atom is 0.320 e. The summed E-state index contributed by atoms with van der Waals surface area (Å²) in [4.78, 5) is 10.6. The van der Waals surface area contributed by atoms with Gasteiger partial charge in [0.1, 0.15) is 6.04 Å². The Morgan fingerprint density at radius 2 is 2.06 bits per heavy atom. The van der Waals surface area contributed by atoms with Crippen molar-refractivity contribution in [1.29, 1.82) is 0 Å². The minimum atomic E-state index is -0.994. The number of hydrogen-bond donors (Lipinski definition) is 2. The van der Waals surface area contributed by atoms with Crippen LogP contribution in [0.3, 0.4) is 0 Å². The van der Waals surface area contributed by atoms with Gasteiger partial charge in [-0.15, -0.1) is 12.4 Å². The molecule has 3 N–H and O–H groups in total. The van der Waals surface area contributed by atoms with Gasteiger partial charge in [-0.3, -0.25) is 4.79 Å². The van der Waals surface area contributed by atoms with Crippen LogP contribution in [0, 0.1) is 0 Å². The number of methoxy groups -OCH3 is 2. The van der Waals surface area contributed by atoms with Crippen molar-refractivity contribution in [2.45, 2.75) is 18.9 Å². The number of ether oxygens (including phenoxy) is 2. The van der Waals surface area contributed by atoms with Gasteiger partial charge in [-0.05, 0) is 24.5 Å². The van der Waals surface area contributed by atoms with E-state index in [2.05, 4.69) is 0 Å². The number of carbonyl (C=O) groups is 1. The van der Waals surface area contributed by atoms with Crippen LogP contribution in [0.2, 0.25) is 0 Å². The molecule has 0 aromatic heterocycles. The third kappa shape index (κ3) is 4.09. The summed E-state index contributed by atoms with van der Waals surface area (Å²) < 4.78 is 10.4. The first-order valence-corrected chi connectivity index (χ1v) is 5.28. The van der Waals surface area contributed by atoms with Gasteiger partial charge in [0.2, 0.25) is 0 Å². The van der Waals surface area contributed by atoms with Gasteiger partial charge in [0.15, 0.2) is 11.5 Å². The number of aryl methyl sites for hydroxylation is 1. The molecule has 0 fully saturated rings. The summed E-state index contributed by atoms with van der Waals surface area (Å²) in [5, 5.41) is 8.71. The molecule has 0 saturated heterocycles. The highest BCUT2D eigenvalue weighted by Crippen LogP contribution is 2.31. The van der Waals surface area contributed by atoms with Gasteiger partial charge in [0.05, 0.1) is 14.2 Å². The van der Waals surface area contributed by atoms with Crippen LogP contribution in [0.15, 0.2) is 18.2 Å². The molecule has 0 heterocycles. The Bertz CT molecular complexity index is 398. The zero-order valence-corrected chi connectivity index (χ0v) is 11.2. The smallest absolute Gasteiger partial charge is 0.320 e. The summed E-state index contributed by atoms with van der Waals surface area (Å²) in [5.74, 6) is 0.272. The van der Waals surface area contributed by atoms with Gasteiger partial charge in [-0.1, -0.05) is 12.1 Å². The van der Waals surface area contributed by atoms with Crippen molar-refractivity contribution < 1.29 is 19.4 Å². The van der Waals surface area contributed by atoms with Crippen molar-refractivity contribution in [2.75, 3.05) is 14.2 Å². The fraction of sp³-hybridized carbons (Fsp3) is 0.417. The zero-order valence-electron chi connectivity index (χ0n) is 10.4. The van der Waals surface area contributed by atoms with E-state index in [1.165, 1.54) is 0 Å². The molecule has 0 amide bonds. The zero-order chi connectivity index (χ0) is 12.8. The van der Waals surface area contributed by atoms with Crippen LogP contribution in [0.5, 0.6) is 11.5 Å². The van der Waals surface area contributed by atoms with E-state index in [4.69, 9.17) is 20.3 Å². The highest BCUT2D eigenvalue weighted by Gasteiger charge is 2.14. The molecular formula is C12H18ClNO4. The molecule has 1 unspecified atom stereocenters. The summed E-state index contributed by atoms with van der Waals surface area (Å²) in [6.07, 6.45) is 0.896. The van der Waals surface area contributed by atoms with E-state index in [0.717, 1.165) is 5.56 Å². The lowest BCUT2D eigenvalue weighted by Crippen LogP contribution is -2.30. The first kappa shape index (κ1) is 16.5. The largest absolute Gasteiger partial charge is 0.493 e. The average molecular weight is 276 g/mol. The predicted molar refractivity (Wildman–Crippen MR) is 70.7 cm³/mol. The lowest BCUT2D eigenvalue weighted by molar-refractivity contribution is -0.138. The Morgan fingerprint density at radius 1 is 1.39 bits per heavy atom. The van der Waals surface area contributed by atoms with Gasteiger partial charge < -0.3 is 20.3 Å². The van der Waals surface area contributed by atoms with Gasteiger partial charge in [0.25, 0.3) is 0 Å². The summed E-state index contributed by atoms with van der Waals surface area (Å²) in [6, 6.07) is 4.64. The molecule has 5 nitrogen and oxygen atoms in total. The molecule has 0 spiro atoms. The number of hydrogen-bond acceptors (Lipinski definition) is 4. The van der Waals surface area contributed by atoms with Crippen molar-refractivity contribution >= 4 is 18.4 Å². The molecule has 0 saturated carbocycles. The van der Waals surface area contributed by atoms with E-state index in [0.29, 0.717) is 24.3 Å². The van der Waals surface area contributed by atoms with Crippen molar-refractivity contribution in [2.24, 2.45) is 5.73 Å². The van der Waals surface area contributed by atoms with Crippen LogP contribution in [0.1, 0.15) is 12.0 Å². The Kier molecular flexibility index (Phi) is 7.16. The molecular weight excluding hydrogens is 258 g/mol. The topological polar surface area (TPSA) is 81.8 Å². The number of benzene rings is 1. The molecule has 1 aromatic carbocycles. The summed E-state index contributed by atoms with van der Waals surface area (Å²) in [6.45, 7) is 0. The first-order chi connectivity index (χ1) is 8.10. The Morgan fingerprint density at radius 3 is 2.56 bits per heavy atom. The number of aliphatic carboxylic acids is 1. The minimum Gasteiger partial charge on any atom is -0.493 e. The highest BCUT2D eigenvalue weighted by molar-refractivity contribution is 5.85. The van der Waals surface area contributed by atoms with E-state index in [1.54, 1.807) is 20.3 Å². The van der Waals surface area contributed by atoms with Crippen molar-refractivity contribution in [3.63, 3.8) is 0 Å². The van der Waals surface area contributed by atoms with Crippen LogP contribution < -0.4 is 15.2 Å². The third-order valence-electron chi connectivity index (χ3n) is 2.53. The Hall–Kier alpha value is -1.46. The molecule has 0 radical (unpaired) electrons. The van der Waals surface area contributed by atoms with Crippen molar-refractivity contribution in [1.82, 2.24) is 0 Å². The van der Waals surface area contributed by atoms with Crippen LogP contribution in [0.25, 0.3) is 0 Å². The lowest BCUT2D eigenvalue weighted by Gasteiger charge is -2.13. The molecule has 0 aliphatic rings. The van der Waals surface area contributed by atoms with E-state index in [9.17, 15) is 4.79 Å². The summed E-state index contributed by atoms with van der Waals surface area (Å²) in [5.41, 5.74) is 6.35. The van der Waals surface area contributed by atoms with E-state index in [-0.39, 0.29) is 12.4 Å². The number of halogens is 1. The normalized spacial score (nSPS) is 11.3. The lowest BCUT2D eigenvalue weighted by atomic mass is 10.0. The van der Waals surface area contributed by atoms with Crippen molar-refractivity contribution in [3.8, 4) is 11.5 Å². The van der Waals surface area contributed by atoms with Crippen molar-refractivity contribution in [3.05, 3.63) is 23.8 Å². The number of carboxylic acids is 1. The summed E-state index contributed by atoms with van der Waals surface area (Å²) in [7, 11) is 3.11. The fourth-order valence-corrected chi connectivity index (χ4v) is 1.59. The van der Waals surface area contributed by atoms with E-state index >= 15 is 0 Å². The van der Waals surface area contributed by atoms with Crippen LogP contribution >= 0.6 is 12.4 Å². The maximum atomic E-state index is 10.6. The second kappa shape index (κ2) is 7.79. The molecule has 0 bridgehead atoms. The van der Waals surface area contributed by atoms with Gasteiger partial charge >= 0.3 is 5.97 Å². The quantitative estimate of drug-likeness (QED) is 0.822. The number of rotatable bonds is 6. The molecule has 1 rings (SSSR count). The number of para-hydroxylation sites is 1. The monoisotopic (exact) mass is 275 g/mol. The van der Waals surface area contributed by atoms with Crippen LogP contribution in [-0.2, 0) is 11.2 Å². The highest BCUT2D eigenvalue weighted by atomic mass is 35.5. The third-order valence-corrected chi connectivity index (χ3v) is 2.53.